The van der Waals surface area contributed by atoms with Crippen molar-refractivity contribution in [2.75, 3.05) is 0 Å². The SMILES string of the molecule is Cc1cc(Cc2cc(C)cc(C(C)(C)C)c2O)cc(Cc2cc(C)cc(C(C)(C)C)c2O)c1.Cc1cc(Cc2cc(C)cc(C(C)(C)C)c2O)cc(Cc2cc(C)cc(C(C)(C)C)c2O)c1.[O]=[V][OH].[O]=[V][OH]. The molecule has 0 bridgehead atoms. The van der Waals surface area contributed by atoms with E-state index in [9.17, 15) is 20.4 Å². The van der Waals surface area contributed by atoms with Gasteiger partial charge in [0.2, 0.25) is 0 Å². The van der Waals surface area contributed by atoms with Crippen LogP contribution in [0.3, 0.4) is 0 Å². The molecular formula is C62H82O8V2. The molecule has 0 saturated heterocycles. The molecule has 6 N–H and O–H groups in total. The van der Waals surface area contributed by atoms with Gasteiger partial charge in [-0.2, -0.15) is 0 Å². The Kier molecular flexibility index (Phi) is 21.7. The second-order valence-corrected chi connectivity index (χ2v) is 24.3. The Balaban J connectivity index is 0.000000343. The van der Waals surface area contributed by atoms with Crippen LogP contribution in [-0.2, 0) is 87.9 Å². The fraction of sp³-hybridized carbons (Fsp3) is 0.419. The van der Waals surface area contributed by atoms with Crippen LogP contribution >= 0.6 is 0 Å². The van der Waals surface area contributed by atoms with Gasteiger partial charge in [0, 0.05) is 25.7 Å². The molecule has 0 atom stereocenters. The van der Waals surface area contributed by atoms with Gasteiger partial charge in [-0.1, -0.05) is 201 Å². The minimum absolute atomic E-state index is 0.115. The molecule has 388 valence electrons. The van der Waals surface area contributed by atoms with E-state index in [0.29, 0.717) is 48.7 Å². The number of rotatable bonds is 8. The van der Waals surface area contributed by atoms with Crippen LogP contribution < -0.4 is 0 Å². The molecule has 0 aromatic heterocycles. The Labute approximate surface area is 446 Å². The second-order valence-electron chi connectivity index (χ2n) is 23.8. The maximum absolute atomic E-state index is 11.0. The topological polar surface area (TPSA) is 156 Å². The third-order valence-electron chi connectivity index (χ3n) is 12.5. The number of hydrogen-bond acceptors (Lipinski definition) is 6. The van der Waals surface area contributed by atoms with Crippen molar-refractivity contribution in [3.63, 3.8) is 0 Å². The molecule has 72 heavy (non-hydrogen) atoms. The molecule has 0 amide bonds. The standard InChI is InChI=1S/2C31H40O2.2H2O.2O.2V/c2*1-19-10-22(17-24-12-20(2)14-26(28(24)32)30(4,5)6)16-23(11-19)18-25-13-21(3)15-27(29(25)33)31(7,8)9;;;;;;/h2*10-16,32-33H,17-18H2,1-9H3;2*1H2;;;;/q;;;;;;2*+1/p-2. The van der Waals surface area contributed by atoms with Crippen LogP contribution in [0.5, 0.6) is 23.0 Å². The molecule has 0 saturated carbocycles. The quantitative estimate of drug-likeness (QED) is 0.0880. The summed E-state index contributed by atoms with van der Waals surface area (Å²) >= 11 is -3.12. The molecule has 8 nitrogen and oxygen atoms in total. The van der Waals surface area contributed by atoms with Crippen LogP contribution in [0, 0.1) is 41.5 Å². The Morgan fingerprint density at radius 2 is 0.458 bits per heavy atom. The van der Waals surface area contributed by atoms with E-state index in [1.807, 2.05) is 0 Å². The Morgan fingerprint density at radius 3 is 0.611 bits per heavy atom. The van der Waals surface area contributed by atoms with Gasteiger partial charge in [-0.05, 0) is 130 Å². The number of hydrogen-bond donors (Lipinski definition) is 6. The van der Waals surface area contributed by atoms with Gasteiger partial charge in [-0.3, -0.25) is 0 Å². The van der Waals surface area contributed by atoms with Crippen molar-refractivity contribution in [1.82, 2.24) is 0 Å². The van der Waals surface area contributed by atoms with Crippen molar-refractivity contribution >= 4 is 0 Å². The molecule has 0 aliphatic carbocycles. The first-order valence-electron chi connectivity index (χ1n) is 24.6. The first kappa shape index (κ1) is 61.5. The summed E-state index contributed by atoms with van der Waals surface area (Å²) in [6, 6.07) is 29.9. The molecule has 10 heteroatoms. The average molecular weight is 1060 g/mol. The Bertz CT molecular complexity index is 2480. The van der Waals surface area contributed by atoms with E-state index in [4.69, 9.17) is 15.4 Å². The summed E-state index contributed by atoms with van der Waals surface area (Å²) in [4.78, 5) is 0. The van der Waals surface area contributed by atoms with E-state index < -0.39 is 33.2 Å². The van der Waals surface area contributed by atoms with Crippen molar-refractivity contribution in [3.8, 4) is 23.0 Å². The summed E-state index contributed by atoms with van der Waals surface area (Å²) in [6.07, 6.45) is 2.72. The van der Waals surface area contributed by atoms with Gasteiger partial charge in [0.1, 0.15) is 23.0 Å². The molecule has 0 fully saturated rings. The molecule has 0 radical (unpaired) electrons. The van der Waals surface area contributed by atoms with Crippen LogP contribution in [0.15, 0.2) is 84.9 Å². The number of aromatic hydroxyl groups is 4. The molecule has 6 rings (SSSR count). The van der Waals surface area contributed by atoms with E-state index >= 15 is 0 Å². The van der Waals surface area contributed by atoms with Crippen molar-refractivity contribution in [2.24, 2.45) is 0 Å². The van der Waals surface area contributed by atoms with Crippen molar-refractivity contribution < 1.29 is 69.0 Å². The van der Waals surface area contributed by atoms with Gasteiger partial charge >= 0.3 is 48.6 Å². The summed E-state index contributed by atoms with van der Waals surface area (Å²) < 4.78 is 31.4. The van der Waals surface area contributed by atoms with Crippen molar-refractivity contribution in [1.29, 1.82) is 0 Å². The molecule has 0 aliphatic rings. The summed E-state index contributed by atoms with van der Waals surface area (Å²) in [5, 5.41) is 44.1. The van der Waals surface area contributed by atoms with E-state index in [1.54, 1.807) is 0 Å². The fourth-order valence-electron chi connectivity index (χ4n) is 9.43. The predicted molar refractivity (Wildman–Crippen MR) is 286 cm³/mol. The summed E-state index contributed by atoms with van der Waals surface area (Å²) in [7, 11) is 0. The number of phenolic OH excluding ortho intramolecular Hbond substituents is 4. The molecule has 0 heterocycles. The first-order chi connectivity index (χ1) is 33.1. The number of benzene rings is 6. The van der Waals surface area contributed by atoms with E-state index in [0.717, 1.165) is 44.5 Å². The van der Waals surface area contributed by atoms with Crippen LogP contribution in [0.4, 0.5) is 0 Å². The molecule has 0 spiro atoms. The molecule has 0 unspecified atom stereocenters. The average Bonchev–Trinajstić information content (AvgIpc) is 3.21. The van der Waals surface area contributed by atoms with Crippen molar-refractivity contribution in [3.05, 3.63) is 185 Å². The van der Waals surface area contributed by atoms with Crippen LogP contribution in [0.2, 0.25) is 0 Å². The second kappa shape index (κ2) is 25.4. The normalized spacial score (nSPS) is 11.6. The molecule has 6 aromatic carbocycles. The third kappa shape index (κ3) is 17.7. The Morgan fingerprint density at radius 1 is 0.306 bits per heavy atom. The minimum atomic E-state index is -1.56. The zero-order chi connectivity index (χ0) is 54.8. The maximum atomic E-state index is 11.0. The van der Waals surface area contributed by atoms with Gasteiger partial charge in [-0.25, -0.2) is 0 Å². The fourth-order valence-corrected chi connectivity index (χ4v) is 9.43. The van der Waals surface area contributed by atoms with E-state index in [2.05, 4.69) is 210 Å². The number of phenols is 4. The number of aryl methyl sites for hydroxylation is 6. The van der Waals surface area contributed by atoms with Crippen LogP contribution in [-0.4, -0.2) is 28.5 Å². The zero-order valence-electron chi connectivity index (χ0n) is 46.3. The monoisotopic (exact) mass is 1060 g/mol. The summed E-state index contributed by atoms with van der Waals surface area (Å²) in [5.41, 5.74) is 19.1. The van der Waals surface area contributed by atoms with Gasteiger partial charge in [0.15, 0.2) is 0 Å². The Hall–Kier alpha value is -4.79. The van der Waals surface area contributed by atoms with E-state index in [1.165, 1.54) is 55.6 Å². The molecule has 0 aliphatic heterocycles. The van der Waals surface area contributed by atoms with Gasteiger partial charge < -0.3 is 20.4 Å². The van der Waals surface area contributed by atoms with Crippen LogP contribution in [0.1, 0.15) is 183 Å². The van der Waals surface area contributed by atoms with Crippen LogP contribution in [0.25, 0.3) is 0 Å². The van der Waals surface area contributed by atoms with Gasteiger partial charge in [-0.15, -0.1) is 0 Å². The third-order valence-corrected chi connectivity index (χ3v) is 12.5. The van der Waals surface area contributed by atoms with E-state index in [-0.39, 0.29) is 21.7 Å². The van der Waals surface area contributed by atoms with Gasteiger partial charge in [0.05, 0.1) is 0 Å². The summed E-state index contributed by atoms with van der Waals surface area (Å²) in [5.74, 6) is 1.62. The van der Waals surface area contributed by atoms with Gasteiger partial charge in [0.25, 0.3) is 0 Å². The zero-order valence-corrected chi connectivity index (χ0v) is 49.1. The first-order valence-corrected chi connectivity index (χ1v) is 27.0. The molecule has 6 aromatic rings. The summed E-state index contributed by atoms with van der Waals surface area (Å²) in [6.45, 7) is 38.2. The molecular weight excluding hydrogens is 975 g/mol. The predicted octanol–water partition coefficient (Wildman–Crippen LogP) is 14.2. The van der Waals surface area contributed by atoms with Crippen molar-refractivity contribution in [2.45, 2.75) is 172 Å².